The average Bonchev–Trinajstić information content (AvgIpc) is 2.61. The summed E-state index contributed by atoms with van der Waals surface area (Å²) in [6.45, 7) is 7.58. The fourth-order valence-electron chi connectivity index (χ4n) is 2.53. The molecule has 2 aromatic rings. The summed E-state index contributed by atoms with van der Waals surface area (Å²) in [7, 11) is 0. The lowest BCUT2D eigenvalue weighted by Gasteiger charge is -2.13. The highest BCUT2D eigenvalue weighted by atomic mass is 19.1. The Morgan fingerprint density at radius 3 is 2.48 bits per heavy atom. The SMILES string of the molecule is Cc1cc(/C=C(\C#N)C(=O)OC(C)C)c(C)c(COc2ccc(F)cc2)c1. The number of hydrogen-bond donors (Lipinski definition) is 0. The zero-order valence-electron chi connectivity index (χ0n) is 15.9. The van der Waals surface area contributed by atoms with Crippen molar-refractivity contribution in [3.05, 3.63) is 70.0 Å². The number of nitriles is 1. The third-order valence-corrected chi connectivity index (χ3v) is 3.89. The van der Waals surface area contributed by atoms with Gasteiger partial charge in [-0.1, -0.05) is 17.7 Å². The van der Waals surface area contributed by atoms with Gasteiger partial charge in [0.25, 0.3) is 0 Å². The summed E-state index contributed by atoms with van der Waals surface area (Å²) in [4.78, 5) is 12.0. The normalized spacial score (nSPS) is 11.2. The minimum Gasteiger partial charge on any atom is -0.489 e. The molecule has 0 amide bonds. The van der Waals surface area contributed by atoms with Crippen LogP contribution in [0.5, 0.6) is 5.75 Å². The van der Waals surface area contributed by atoms with Gasteiger partial charge in [-0.3, -0.25) is 0 Å². The molecule has 0 saturated carbocycles. The molecule has 27 heavy (non-hydrogen) atoms. The summed E-state index contributed by atoms with van der Waals surface area (Å²) < 4.78 is 23.8. The highest BCUT2D eigenvalue weighted by Gasteiger charge is 2.14. The van der Waals surface area contributed by atoms with Crippen molar-refractivity contribution in [1.29, 1.82) is 5.26 Å². The number of halogens is 1. The second-order valence-corrected chi connectivity index (χ2v) is 6.50. The van der Waals surface area contributed by atoms with Gasteiger partial charge in [0, 0.05) is 0 Å². The predicted octanol–water partition coefficient (Wildman–Crippen LogP) is 4.88. The predicted molar refractivity (Wildman–Crippen MR) is 101 cm³/mol. The Morgan fingerprint density at radius 2 is 1.89 bits per heavy atom. The molecule has 0 radical (unpaired) electrons. The second kappa shape index (κ2) is 9.00. The molecule has 140 valence electrons. The van der Waals surface area contributed by atoms with Gasteiger partial charge in [0.2, 0.25) is 0 Å². The number of carbonyl (C=O) groups excluding carboxylic acids is 1. The molecule has 0 atom stereocenters. The van der Waals surface area contributed by atoms with Crippen LogP contribution in [-0.2, 0) is 16.1 Å². The van der Waals surface area contributed by atoms with E-state index in [1.54, 1.807) is 26.0 Å². The molecule has 0 bridgehead atoms. The van der Waals surface area contributed by atoms with Gasteiger partial charge in [0.15, 0.2) is 0 Å². The van der Waals surface area contributed by atoms with E-state index in [2.05, 4.69) is 0 Å². The molecule has 0 aliphatic carbocycles. The minimum atomic E-state index is -0.641. The third-order valence-electron chi connectivity index (χ3n) is 3.89. The topological polar surface area (TPSA) is 59.3 Å². The fourth-order valence-corrected chi connectivity index (χ4v) is 2.53. The third kappa shape index (κ3) is 5.68. The van der Waals surface area contributed by atoms with Crippen LogP contribution >= 0.6 is 0 Å². The number of hydrogen-bond acceptors (Lipinski definition) is 4. The molecule has 0 N–H and O–H groups in total. The number of benzene rings is 2. The van der Waals surface area contributed by atoms with Crippen molar-refractivity contribution in [2.75, 3.05) is 0 Å². The van der Waals surface area contributed by atoms with Gasteiger partial charge >= 0.3 is 5.97 Å². The maximum Gasteiger partial charge on any atom is 0.349 e. The molecule has 0 fully saturated rings. The van der Waals surface area contributed by atoms with Gasteiger partial charge in [0.05, 0.1) is 6.10 Å². The molecule has 0 aliphatic heterocycles. The van der Waals surface area contributed by atoms with Crippen molar-refractivity contribution >= 4 is 12.0 Å². The smallest absolute Gasteiger partial charge is 0.349 e. The highest BCUT2D eigenvalue weighted by Crippen LogP contribution is 2.22. The van der Waals surface area contributed by atoms with E-state index >= 15 is 0 Å². The van der Waals surface area contributed by atoms with Crippen molar-refractivity contribution in [3.63, 3.8) is 0 Å². The van der Waals surface area contributed by atoms with E-state index in [9.17, 15) is 14.4 Å². The number of nitrogens with zero attached hydrogens (tertiary/aromatic N) is 1. The first-order valence-electron chi connectivity index (χ1n) is 8.61. The molecular weight excluding hydrogens is 345 g/mol. The van der Waals surface area contributed by atoms with Crippen LogP contribution in [0, 0.1) is 31.0 Å². The van der Waals surface area contributed by atoms with E-state index in [-0.39, 0.29) is 24.1 Å². The van der Waals surface area contributed by atoms with Gasteiger partial charge in [-0.25, -0.2) is 9.18 Å². The Bertz CT molecular complexity index is 893. The first-order chi connectivity index (χ1) is 12.8. The fraction of sp³-hybridized carbons (Fsp3) is 0.273. The zero-order chi connectivity index (χ0) is 20.0. The lowest BCUT2D eigenvalue weighted by Crippen LogP contribution is -2.13. The quantitative estimate of drug-likeness (QED) is 0.415. The van der Waals surface area contributed by atoms with Crippen LogP contribution in [0.1, 0.15) is 36.1 Å². The van der Waals surface area contributed by atoms with Crippen LogP contribution in [0.3, 0.4) is 0 Å². The summed E-state index contributed by atoms with van der Waals surface area (Å²) in [6, 6.07) is 11.6. The molecule has 5 heteroatoms. The number of rotatable bonds is 6. The Hall–Kier alpha value is -3.13. The summed E-state index contributed by atoms with van der Waals surface area (Å²) in [5, 5.41) is 9.30. The van der Waals surface area contributed by atoms with Crippen LogP contribution < -0.4 is 4.74 Å². The maximum absolute atomic E-state index is 13.0. The average molecular weight is 367 g/mol. The second-order valence-electron chi connectivity index (χ2n) is 6.50. The highest BCUT2D eigenvalue weighted by molar-refractivity contribution is 5.98. The van der Waals surface area contributed by atoms with Crippen molar-refractivity contribution in [1.82, 2.24) is 0 Å². The molecule has 0 aliphatic rings. The molecule has 0 heterocycles. The summed E-state index contributed by atoms with van der Waals surface area (Å²) in [5.74, 6) is -0.399. The van der Waals surface area contributed by atoms with E-state index in [1.165, 1.54) is 18.2 Å². The largest absolute Gasteiger partial charge is 0.489 e. The van der Waals surface area contributed by atoms with E-state index in [0.717, 1.165) is 22.3 Å². The Labute approximate surface area is 158 Å². The lowest BCUT2D eigenvalue weighted by molar-refractivity contribution is -0.142. The summed E-state index contributed by atoms with van der Waals surface area (Å²) in [5.41, 5.74) is 3.49. The first-order valence-corrected chi connectivity index (χ1v) is 8.61. The van der Waals surface area contributed by atoms with Gasteiger partial charge in [-0.2, -0.15) is 5.26 Å². The van der Waals surface area contributed by atoms with Crippen molar-refractivity contribution < 1.29 is 18.7 Å². The van der Waals surface area contributed by atoms with Gasteiger partial charge in [-0.05, 0) is 74.7 Å². The number of carbonyl (C=O) groups is 1. The van der Waals surface area contributed by atoms with Gasteiger partial charge in [-0.15, -0.1) is 0 Å². The van der Waals surface area contributed by atoms with E-state index in [4.69, 9.17) is 9.47 Å². The molecule has 2 rings (SSSR count). The van der Waals surface area contributed by atoms with E-state index in [1.807, 2.05) is 32.0 Å². The molecule has 0 unspecified atom stereocenters. The van der Waals surface area contributed by atoms with Crippen LogP contribution in [0.4, 0.5) is 4.39 Å². The first kappa shape index (κ1) is 20.2. The Kier molecular flexibility index (Phi) is 6.73. The maximum atomic E-state index is 13.0. The molecule has 0 aromatic heterocycles. The molecule has 0 spiro atoms. The van der Waals surface area contributed by atoms with Crippen LogP contribution in [0.2, 0.25) is 0 Å². The zero-order valence-corrected chi connectivity index (χ0v) is 15.9. The summed E-state index contributed by atoms with van der Waals surface area (Å²) >= 11 is 0. The molecule has 4 nitrogen and oxygen atoms in total. The molecule has 0 saturated heterocycles. The van der Waals surface area contributed by atoms with Gasteiger partial charge in [0.1, 0.15) is 29.8 Å². The van der Waals surface area contributed by atoms with Crippen molar-refractivity contribution in [2.24, 2.45) is 0 Å². The van der Waals surface area contributed by atoms with E-state index < -0.39 is 5.97 Å². The van der Waals surface area contributed by atoms with Crippen LogP contribution in [0.25, 0.3) is 6.08 Å². The Morgan fingerprint density at radius 1 is 1.22 bits per heavy atom. The number of ether oxygens (including phenoxy) is 2. The lowest BCUT2D eigenvalue weighted by atomic mass is 9.98. The van der Waals surface area contributed by atoms with Gasteiger partial charge < -0.3 is 9.47 Å². The van der Waals surface area contributed by atoms with Crippen molar-refractivity contribution in [2.45, 2.75) is 40.4 Å². The number of aryl methyl sites for hydroxylation is 1. The molecular formula is C22H22FNO3. The molecule has 2 aromatic carbocycles. The van der Waals surface area contributed by atoms with Crippen LogP contribution in [-0.4, -0.2) is 12.1 Å². The van der Waals surface area contributed by atoms with Crippen molar-refractivity contribution in [3.8, 4) is 11.8 Å². The standard InChI is InChI=1S/C22H22FNO3/c1-14(2)27-22(25)18(12-24)11-17-9-15(3)10-19(16(17)4)13-26-21-7-5-20(23)6-8-21/h5-11,14H,13H2,1-4H3/b18-11+. The van der Waals surface area contributed by atoms with Crippen LogP contribution in [0.15, 0.2) is 42.0 Å². The Balaban J connectivity index is 2.28. The van der Waals surface area contributed by atoms with E-state index in [0.29, 0.717) is 5.75 Å². The monoisotopic (exact) mass is 367 g/mol. The number of esters is 1. The summed E-state index contributed by atoms with van der Waals surface area (Å²) in [6.07, 6.45) is 1.24. The minimum absolute atomic E-state index is 0.0530.